The van der Waals surface area contributed by atoms with Crippen LogP contribution in [0.1, 0.15) is 98.0 Å². The number of aryl methyl sites for hydroxylation is 1. The standard InChI is InChI=1S/C40H59N5O8S/c1-25(2)51-35-20-34(31-17-18-33(50-7)26(3)36(31)44-35)52-29-19-28-22-41-40(24-42-54(48,49)30-15-16-30)21-27(40)13-11-9-8-10-12-14-32(37(46)45(28)23-29)43-38(47)53-39(4,5)6/h11,13,17-18,20,25,27-30,32,41-42H,8-10,12,14-16,19,21-24H2,1-7H3,(H,43,47). The molecule has 13 nitrogen and oxygen atoms in total. The number of hydrogen-bond donors (Lipinski definition) is 3. The lowest BCUT2D eigenvalue weighted by molar-refractivity contribution is -0.134. The van der Waals surface area contributed by atoms with Gasteiger partial charge in [0.1, 0.15) is 29.2 Å². The Morgan fingerprint density at radius 2 is 1.91 bits per heavy atom. The van der Waals surface area contributed by atoms with Crippen LogP contribution in [0.4, 0.5) is 4.79 Å². The lowest BCUT2D eigenvalue weighted by Gasteiger charge is -2.31. The van der Waals surface area contributed by atoms with Crippen molar-refractivity contribution in [1.29, 1.82) is 0 Å². The minimum atomic E-state index is -3.38. The molecule has 5 atom stereocenters. The number of allylic oxidation sites excluding steroid dienone is 1. The topological polar surface area (TPSA) is 157 Å². The van der Waals surface area contributed by atoms with Gasteiger partial charge >= 0.3 is 6.09 Å². The van der Waals surface area contributed by atoms with Gasteiger partial charge in [-0.15, -0.1) is 0 Å². The van der Waals surface area contributed by atoms with Crippen molar-refractivity contribution in [3.8, 4) is 17.4 Å². The molecular weight excluding hydrogens is 711 g/mol. The number of carbonyl (C=O) groups is 2. The summed E-state index contributed by atoms with van der Waals surface area (Å²) in [5, 5.41) is 7.13. The molecule has 0 bridgehead atoms. The first-order valence-corrected chi connectivity index (χ1v) is 21.1. The van der Waals surface area contributed by atoms with E-state index in [0.29, 0.717) is 61.7 Å². The van der Waals surface area contributed by atoms with Crippen LogP contribution in [-0.2, 0) is 19.6 Å². The average molecular weight is 770 g/mol. The maximum absolute atomic E-state index is 14.6. The Bertz CT molecular complexity index is 1820. The SMILES string of the molecule is COc1ccc2c(OC3CC4CNC5(CNS(=O)(=O)C6CC6)CC5C=CCCCCCC(NC(=O)OC(C)(C)C)C(=O)N4C3)cc(OC(C)C)nc2c1C. The maximum atomic E-state index is 14.6. The first-order valence-electron chi connectivity index (χ1n) is 19.6. The van der Waals surface area contributed by atoms with Crippen LogP contribution in [0.3, 0.4) is 0 Å². The minimum absolute atomic E-state index is 0.110. The molecule has 3 fully saturated rings. The Morgan fingerprint density at radius 3 is 2.61 bits per heavy atom. The average Bonchev–Trinajstić information content (AvgIpc) is 4.02. The molecule has 14 heteroatoms. The Kier molecular flexibility index (Phi) is 12.0. The number of nitrogens with zero attached hydrogens (tertiary/aromatic N) is 2. The third kappa shape index (κ3) is 9.78. The van der Waals surface area contributed by atoms with Crippen LogP contribution < -0.4 is 29.6 Å². The lowest BCUT2D eigenvalue weighted by Crippen LogP contribution is -2.54. The number of methoxy groups -OCH3 is 1. The van der Waals surface area contributed by atoms with Gasteiger partial charge in [0.15, 0.2) is 0 Å². The van der Waals surface area contributed by atoms with Gasteiger partial charge in [0.05, 0.1) is 30.5 Å². The molecule has 2 aromatic rings. The molecule has 54 heavy (non-hydrogen) atoms. The van der Waals surface area contributed by atoms with Crippen molar-refractivity contribution in [2.24, 2.45) is 5.92 Å². The van der Waals surface area contributed by atoms with Crippen LogP contribution >= 0.6 is 0 Å². The van der Waals surface area contributed by atoms with Gasteiger partial charge in [-0.05, 0) is 98.1 Å². The second-order valence-electron chi connectivity index (χ2n) is 16.7. The number of fused-ring (bicyclic) bond motifs is 3. The van der Waals surface area contributed by atoms with E-state index >= 15 is 0 Å². The molecule has 5 unspecified atom stereocenters. The number of carbonyl (C=O) groups excluding carboxylic acids is 2. The van der Waals surface area contributed by atoms with Crippen molar-refractivity contribution in [3.63, 3.8) is 0 Å². The van der Waals surface area contributed by atoms with Crippen LogP contribution in [0.25, 0.3) is 10.9 Å². The fourth-order valence-corrected chi connectivity index (χ4v) is 9.09. The summed E-state index contributed by atoms with van der Waals surface area (Å²) in [7, 11) is -1.75. The molecular formula is C40H59N5O8S. The number of nitrogens with one attached hydrogen (secondary N) is 3. The van der Waals surface area contributed by atoms with E-state index in [-0.39, 0.29) is 41.9 Å². The van der Waals surface area contributed by atoms with E-state index in [0.717, 1.165) is 43.1 Å². The molecule has 1 aromatic carbocycles. The molecule has 6 rings (SSSR count). The molecule has 1 aromatic heterocycles. The maximum Gasteiger partial charge on any atom is 0.408 e. The summed E-state index contributed by atoms with van der Waals surface area (Å²) in [5.41, 5.74) is 0.390. The van der Waals surface area contributed by atoms with Gasteiger partial charge < -0.3 is 34.5 Å². The van der Waals surface area contributed by atoms with Crippen LogP contribution in [0.5, 0.6) is 17.4 Å². The number of amides is 2. The number of pyridine rings is 1. The predicted octanol–water partition coefficient (Wildman–Crippen LogP) is 5.53. The number of alkyl carbamates (subject to hydrolysis) is 1. The molecule has 3 heterocycles. The zero-order valence-electron chi connectivity index (χ0n) is 32.9. The molecule has 0 radical (unpaired) electrons. The summed E-state index contributed by atoms with van der Waals surface area (Å²) in [6.45, 7) is 12.2. The normalized spacial score (nSPS) is 26.7. The fourth-order valence-electron chi connectivity index (χ4n) is 7.64. The van der Waals surface area contributed by atoms with Crippen LogP contribution in [0.15, 0.2) is 30.4 Å². The number of ether oxygens (including phenoxy) is 4. The van der Waals surface area contributed by atoms with Gasteiger partial charge in [-0.2, -0.15) is 0 Å². The molecule has 1 saturated heterocycles. The van der Waals surface area contributed by atoms with Crippen molar-refractivity contribution in [3.05, 3.63) is 35.9 Å². The van der Waals surface area contributed by atoms with Gasteiger partial charge in [-0.3, -0.25) is 4.79 Å². The fraction of sp³-hybridized carbons (Fsp3) is 0.675. The monoisotopic (exact) mass is 769 g/mol. The first-order chi connectivity index (χ1) is 25.6. The summed E-state index contributed by atoms with van der Waals surface area (Å²) in [6.07, 6.45) is 9.98. The second-order valence-corrected chi connectivity index (χ2v) is 18.8. The Morgan fingerprint density at radius 1 is 1.13 bits per heavy atom. The van der Waals surface area contributed by atoms with Crippen molar-refractivity contribution in [2.45, 2.75) is 140 Å². The highest BCUT2D eigenvalue weighted by Crippen LogP contribution is 2.45. The van der Waals surface area contributed by atoms with E-state index < -0.39 is 33.3 Å². The third-order valence-corrected chi connectivity index (χ3v) is 12.6. The highest BCUT2D eigenvalue weighted by molar-refractivity contribution is 7.90. The van der Waals surface area contributed by atoms with Crippen LogP contribution in [-0.4, -0.2) is 97.7 Å². The molecule has 298 valence electrons. The molecule has 2 amide bonds. The summed E-state index contributed by atoms with van der Waals surface area (Å²) in [5.74, 6) is 1.71. The summed E-state index contributed by atoms with van der Waals surface area (Å²) < 4.78 is 52.7. The zero-order valence-corrected chi connectivity index (χ0v) is 33.7. The van der Waals surface area contributed by atoms with Crippen molar-refractivity contribution in [1.82, 2.24) is 25.2 Å². The van der Waals surface area contributed by atoms with Gasteiger partial charge in [-0.1, -0.05) is 25.0 Å². The van der Waals surface area contributed by atoms with Crippen LogP contribution in [0, 0.1) is 12.8 Å². The number of benzene rings is 1. The minimum Gasteiger partial charge on any atom is -0.496 e. The van der Waals surface area contributed by atoms with E-state index in [9.17, 15) is 18.0 Å². The molecule has 2 aliphatic heterocycles. The van der Waals surface area contributed by atoms with Crippen molar-refractivity contribution in [2.75, 3.05) is 26.7 Å². The highest BCUT2D eigenvalue weighted by atomic mass is 32.2. The Labute approximate surface area is 320 Å². The number of rotatable bonds is 10. The largest absolute Gasteiger partial charge is 0.496 e. The highest BCUT2D eigenvalue weighted by Gasteiger charge is 2.54. The Balaban J connectivity index is 1.30. The van der Waals surface area contributed by atoms with Crippen molar-refractivity contribution >= 4 is 32.9 Å². The molecule has 3 N–H and O–H groups in total. The second kappa shape index (κ2) is 16.2. The predicted molar refractivity (Wildman–Crippen MR) is 207 cm³/mol. The van der Waals surface area contributed by atoms with E-state index in [1.54, 1.807) is 33.9 Å². The molecule has 2 aliphatic carbocycles. The van der Waals surface area contributed by atoms with Gasteiger partial charge in [0.2, 0.25) is 21.8 Å². The summed E-state index contributed by atoms with van der Waals surface area (Å²) in [4.78, 5) is 34.3. The summed E-state index contributed by atoms with van der Waals surface area (Å²) >= 11 is 0. The Hall–Kier alpha value is -3.62. The first kappa shape index (κ1) is 40.1. The lowest BCUT2D eigenvalue weighted by atomic mass is 10.1. The quantitative estimate of drug-likeness (QED) is 0.263. The third-order valence-electron chi connectivity index (χ3n) is 10.7. The number of hydrogen-bond acceptors (Lipinski definition) is 10. The molecule has 2 saturated carbocycles. The van der Waals surface area contributed by atoms with Gasteiger partial charge in [0.25, 0.3) is 0 Å². The summed E-state index contributed by atoms with van der Waals surface area (Å²) in [6, 6.07) is 4.56. The smallest absolute Gasteiger partial charge is 0.408 e. The van der Waals surface area contributed by atoms with Gasteiger partial charge in [0, 0.05) is 48.1 Å². The van der Waals surface area contributed by atoms with Gasteiger partial charge in [-0.25, -0.2) is 22.9 Å². The molecule has 4 aliphatic rings. The van der Waals surface area contributed by atoms with E-state index in [2.05, 4.69) is 27.5 Å². The van der Waals surface area contributed by atoms with E-state index in [1.807, 2.05) is 37.8 Å². The number of aromatic nitrogens is 1. The van der Waals surface area contributed by atoms with E-state index in [4.69, 9.17) is 23.9 Å². The van der Waals surface area contributed by atoms with Crippen LogP contribution in [0.2, 0.25) is 0 Å². The van der Waals surface area contributed by atoms with Crippen molar-refractivity contribution < 1.29 is 37.0 Å². The molecule has 0 spiro atoms. The zero-order chi connectivity index (χ0) is 38.8. The number of sulfonamides is 1. The van der Waals surface area contributed by atoms with E-state index in [1.165, 1.54) is 0 Å².